The summed E-state index contributed by atoms with van der Waals surface area (Å²) in [5, 5.41) is 0. The SMILES string of the molecule is COc1ccc(N)cc1OCCC(C)(C)C. The van der Waals surface area contributed by atoms with Gasteiger partial charge in [-0.05, 0) is 24.0 Å². The molecule has 16 heavy (non-hydrogen) atoms. The first kappa shape index (κ1) is 12.7. The van der Waals surface area contributed by atoms with Gasteiger partial charge in [0.25, 0.3) is 0 Å². The topological polar surface area (TPSA) is 44.5 Å². The lowest BCUT2D eigenvalue weighted by Crippen LogP contribution is -2.11. The summed E-state index contributed by atoms with van der Waals surface area (Å²) in [6.07, 6.45) is 0.991. The normalized spacial score (nSPS) is 11.2. The van der Waals surface area contributed by atoms with Gasteiger partial charge in [0.2, 0.25) is 0 Å². The van der Waals surface area contributed by atoms with E-state index >= 15 is 0 Å². The standard InChI is InChI=1S/C13H21NO2/c1-13(2,3)7-8-16-12-9-10(14)5-6-11(12)15-4/h5-6,9H,7-8,14H2,1-4H3. The predicted molar refractivity (Wildman–Crippen MR) is 67.0 cm³/mol. The number of nitrogen functional groups attached to an aromatic ring is 1. The molecule has 0 aromatic heterocycles. The molecule has 1 aromatic rings. The summed E-state index contributed by atoms with van der Waals surface area (Å²) in [4.78, 5) is 0. The van der Waals surface area contributed by atoms with Crippen molar-refractivity contribution in [3.8, 4) is 11.5 Å². The monoisotopic (exact) mass is 223 g/mol. The van der Waals surface area contributed by atoms with E-state index in [0.717, 1.165) is 12.2 Å². The summed E-state index contributed by atoms with van der Waals surface area (Å²) in [5.41, 5.74) is 6.66. The smallest absolute Gasteiger partial charge is 0.163 e. The van der Waals surface area contributed by atoms with Gasteiger partial charge in [-0.2, -0.15) is 0 Å². The first-order chi connectivity index (χ1) is 7.42. The van der Waals surface area contributed by atoms with E-state index in [1.807, 2.05) is 6.07 Å². The van der Waals surface area contributed by atoms with Crippen LogP contribution in [0.3, 0.4) is 0 Å². The molecule has 2 N–H and O–H groups in total. The van der Waals surface area contributed by atoms with E-state index in [1.54, 1.807) is 19.2 Å². The van der Waals surface area contributed by atoms with Crippen LogP contribution in [0.5, 0.6) is 11.5 Å². The molecular formula is C13H21NO2. The van der Waals surface area contributed by atoms with E-state index < -0.39 is 0 Å². The fourth-order valence-electron chi connectivity index (χ4n) is 1.27. The minimum Gasteiger partial charge on any atom is -0.493 e. The Kier molecular flexibility index (Phi) is 4.05. The van der Waals surface area contributed by atoms with Crippen molar-refractivity contribution in [3.63, 3.8) is 0 Å². The van der Waals surface area contributed by atoms with Crippen LogP contribution < -0.4 is 15.2 Å². The van der Waals surface area contributed by atoms with Crippen LogP contribution in [0.25, 0.3) is 0 Å². The van der Waals surface area contributed by atoms with Crippen LogP contribution in [0.1, 0.15) is 27.2 Å². The highest BCUT2D eigenvalue weighted by atomic mass is 16.5. The van der Waals surface area contributed by atoms with Crippen LogP contribution in [0.2, 0.25) is 0 Å². The molecule has 0 spiro atoms. The lowest BCUT2D eigenvalue weighted by atomic mass is 9.93. The van der Waals surface area contributed by atoms with Crippen LogP contribution in [-0.2, 0) is 0 Å². The Morgan fingerprint density at radius 1 is 1.19 bits per heavy atom. The van der Waals surface area contributed by atoms with Crippen molar-refractivity contribution in [1.82, 2.24) is 0 Å². The number of ether oxygens (including phenoxy) is 2. The molecule has 0 fully saturated rings. The zero-order valence-electron chi connectivity index (χ0n) is 10.5. The van der Waals surface area contributed by atoms with Gasteiger partial charge in [0.05, 0.1) is 13.7 Å². The van der Waals surface area contributed by atoms with E-state index in [-0.39, 0.29) is 5.41 Å². The molecule has 1 rings (SSSR count). The molecule has 0 radical (unpaired) electrons. The van der Waals surface area contributed by atoms with Gasteiger partial charge in [-0.1, -0.05) is 20.8 Å². The second-order valence-electron chi connectivity index (χ2n) is 5.07. The fraction of sp³-hybridized carbons (Fsp3) is 0.538. The van der Waals surface area contributed by atoms with Crippen molar-refractivity contribution in [3.05, 3.63) is 18.2 Å². The Hall–Kier alpha value is -1.38. The Bertz CT molecular complexity index is 342. The molecule has 0 aliphatic heterocycles. The zero-order valence-corrected chi connectivity index (χ0v) is 10.5. The number of hydrogen-bond acceptors (Lipinski definition) is 3. The lowest BCUT2D eigenvalue weighted by molar-refractivity contribution is 0.234. The van der Waals surface area contributed by atoms with Crippen molar-refractivity contribution in [2.24, 2.45) is 5.41 Å². The average Bonchev–Trinajstić information content (AvgIpc) is 2.16. The number of rotatable bonds is 4. The van der Waals surface area contributed by atoms with E-state index in [1.165, 1.54) is 0 Å². The van der Waals surface area contributed by atoms with E-state index in [4.69, 9.17) is 15.2 Å². The largest absolute Gasteiger partial charge is 0.493 e. The highest BCUT2D eigenvalue weighted by Gasteiger charge is 2.11. The highest BCUT2D eigenvalue weighted by molar-refractivity contribution is 5.51. The Morgan fingerprint density at radius 3 is 2.44 bits per heavy atom. The third kappa shape index (κ3) is 4.01. The molecule has 90 valence electrons. The fourth-order valence-corrected chi connectivity index (χ4v) is 1.27. The summed E-state index contributed by atoms with van der Waals surface area (Å²) >= 11 is 0. The molecule has 0 bridgehead atoms. The van der Waals surface area contributed by atoms with E-state index in [2.05, 4.69) is 20.8 Å². The predicted octanol–water partition coefficient (Wildman–Crippen LogP) is 3.09. The van der Waals surface area contributed by atoms with Crippen molar-refractivity contribution in [2.75, 3.05) is 19.5 Å². The maximum Gasteiger partial charge on any atom is 0.163 e. The molecule has 0 atom stereocenters. The number of benzene rings is 1. The second kappa shape index (κ2) is 5.10. The maximum absolute atomic E-state index is 5.70. The minimum atomic E-state index is 0.271. The summed E-state index contributed by atoms with van der Waals surface area (Å²) in [7, 11) is 1.63. The third-order valence-electron chi connectivity index (χ3n) is 2.30. The molecule has 0 amide bonds. The molecule has 0 saturated carbocycles. The van der Waals surface area contributed by atoms with Gasteiger partial charge in [-0.15, -0.1) is 0 Å². The first-order valence-electron chi connectivity index (χ1n) is 5.49. The van der Waals surface area contributed by atoms with Crippen LogP contribution in [0.4, 0.5) is 5.69 Å². The van der Waals surface area contributed by atoms with Gasteiger partial charge in [0.1, 0.15) is 0 Å². The van der Waals surface area contributed by atoms with Gasteiger partial charge >= 0.3 is 0 Å². The molecule has 0 aliphatic rings. The summed E-state index contributed by atoms with van der Waals surface area (Å²) < 4.78 is 10.9. The average molecular weight is 223 g/mol. The summed E-state index contributed by atoms with van der Waals surface area (Å²) in [6.45, 7) is 7.23. The van der Waals surface area contributed by atoms with Crippen LogP contribution in [-0.4, -0.2) is 13.7 Å². The van der Waals surface area contributed by atoms with Crippen molar-refractivity contribution in [1.29, 1.82) is 0 Å². The summed E-state index contributed by atoms with van der Waals surface area (Å²) in [5.74, 6) is 1.44. The van der Waals surface area contributed by atoms with Crippen molar-refractivity contribution < 1.29 is 9.47 Å². The maximum atomic E-state index is 5.70. The zero-order chi connectivity index (χ0) is 12.2. The molecular weight excluding hydrogens is 202 g/mol. The third-order valence-corrected chi connectivity index (χ3v) is 2.30. The van der Waals surface area contributed by atoms with E-state index in [0.29, 0.717) is 18.0 Å². The van der Waals surface area contributed by atoms with Gasteiger partial charge in [-0.3, -0.25) is 0 Å². The molecule has 0 heterocycles. The Balaban J connectivity index is 2.62. The van der Waals surface area contributed by atoms with Crippen molar-refractivity contribution in [2.45, 2.75) is 27.2 Å². The number of anilines is 1. The van der Waals surface area contributed by atoms with Crippen LogP contribution >= 0.6 is 0 Å². The van der Waals surface area contributed by atoms with Gasteiger partial charge in [0, 0.05) is 11.8 Å². The first-order valence-corrected chi connectivity index (χ1v) is 5.49. The van der Waals surface area contributed by atoms with Gasteiger partial charge in [-0.25, -0.2) is 0 Å². The van der Waals surface area contributed by atoms with Crippen LogP contribution in [0, 0.1) is 5.41 Å². The van der Waals surface area contributed by atoms with Crippen molar-refractivity contribution >= 4 is 5.69 Å². The molecule has 0 aliphatic carbocycles. The van der Waals surface area contributed by atoms with Crippen LogP contribution in [0.15, 0.2) is 18.2 Å². The molecule has 3 nitrogen and oxygen atoms in total. The second-order valence-corrected chi connectivity index (χ2v) is 5.07. The lowest BCUT2D eigenvalue weighted by Gasteiger charge is -2.19. The quantitative estimate of drug-likeness (QED) is 0.798. The highest BCUT2D eigenvalue weighted by Crippen LogP contribution is 2.29. The molecule has 1 aromatic carbocycles. The minimum absolute atomic E-state index is 0.271. The summed E-state index contributed by atoms with van der Waals surface area (Å²) in [6, 6.07) is 5.42. The molecule has 0 saturated heterocycles. The molecule has 0 unspecified atom stereocenters. The Labute approximate surface area is 97.6 Å². The molecule has 3 heteroatoms. The number of nitrogens with two attached hydrogens (primary N) is 1. The number of methoxy groups -OCH3 is 1. The van der Waals surface area contributed by atoms with Gasteiger partial charge in [0.15, 0.2) is 11.5 Å². The number of hydrogen-bond donors (Lipinski definition) is 1. The Morgan fingerprint density at radius 2 is 1.88 bits per heavy atom. The van der Waals surface area contributed by atoms with Gasteiger partial charge < -0.3 is 15.2 Å². The van der Waals surface area contributed by atoms with E-state index in [9.17, 15) is 0 Å².